The third-order valence-corrected chi connectivity index (χ3v) is 13.9. The number of allylic oxidation sites excluding steroid dienone is 12. The molecule has 5 aromatic carbocycles. The van der Waals surface area contributed by atoms with Crippen LogP contribution in [0.2, 0.25) is 0 Å². The van der Waals surface area contributed by atoms with Gasteiger partial charge in [-0.3, -0.25) is 0 Å². The highest BCUT2D eigenvalue weighted by molar-refractivity contribution is 5.99. The Balaban J connectivity index is 0.883. The van der Waals surface area contributed by atoms with Gasteiger partial charge in [-0.15, -0.1) is 0 Å². The van der Waals surface area contributed by atoms with Gasteiger partial charge < -0.3 is 18.9 Å². The molecule has 0 N–H and O–H groups in total. The van der Waals surface area contributed by atoms with Gasteiger partial charge in [0.1, 0.15) is 0 Å². The summed E-state index contributed by atoms with van der Waals surface area (Å²) in [5.41, 5.74) is 19.3. The van der Waals surface area contributed by atoms with Gasteiger partial charge in [-0.1, -0.05) is 115 Å². The van der Waals surface area contributed by atoms with E-state index in [0.29, 0.717) is 0 Å². The van der Waals surface area contributed by atoms with E-state index in [9.17, 15) is 0 Å². The maximum absolute atomic E-state index is 2.56. The third-order valence-electron chi connectivity index (χ3n) is 13.9. The molecule has 0 spiro atoms. The van der Waals surface area contributed by atoms with Crippen molar-refractivity contribution in [2.45, 2.75) is 63.8 Å². The predicted molar refractivity (Wildman–Crippen MR) is 273 cm³/mol. The molecule has 312 valence electrons. The Morgan fingerprint density at radius 2 is 0.969 bits per heavy atom. The molecule has 5 aliphatic carbocycles. The van der Waals surface area contributed by atoms with Crippen LogP contribution in [0.25, 0.3) is 56.5 Å². The molecule has 0 bridgehead atoms. The van der Waals surface area contributed by atoms with Crippen molar-refractivity contribution in [1.29, 1.82) is 0 Å². The topological polar surface area (TPSA) is 16.3 Å². The zero-order valence-electron chi connectivity index (χ0n) is 36.3. The lowest BCUT2D eigenvalue weighted by atomic mass is 10.00. The van der Waals surface area contributed by atoms with Crippen LogP contribution in [0.4, 0.5) is 28.4 Å². The highest BCUT2D eigenvalue weighted by Gasteiger charge is 2.25. The van der Waals surface area contributed by atoms with Gasteiger partial charge in [0.15, 0.2) is 0 Å². The van der Waals surface area contributed by atoms with Gasteiger partial charge in [-0.05, 0) is 154 Å². The van der Waals surface area contributed by atoms with Crippen LogP contribution in [-0.2, 0) is 12.8 Å². The van der Waals surface area contributed by atoms with Crippen molar-refractivity contribution >= 4 is 73.8 Å². The van der Waals surface area contributed by atoms with E-state index in [2.05, 4.69) is 219 Å². The van der Waals surface area contributed by atoms with Crippen molar-refractivity contribution in [3.05, 3.63) is 211 Å². The Hall–Kier alpha value is -7.30. The standard InChI is InChI=1S/C60H52N4/c1-5-17-45(18-6-1)61(51-37-39-59-55(41-51)53-25-13-15-27-57(53)63(59)47-21-9-3-10-22-47)49-33-29-43(30-34-49)44-31-35-50(36-32-44)62(46-19-7-2-8-20-46)52-38-40-60-56(42-52)54-26-14-16-28-58(54)64(60)48-23-11-4-12-24-48/h1-9,11,13-14,17-19,21,23,25-26,29-42,46H,10,12,15-16,20,22,24,27-28H2. The lowest BCUT2D eigenvalue weighted by molar-refractivity contribution is 0.785. The van der Waals surface area contributed by atoms with Gasteiger partial charge in [0.05, 0.1) is 17.1 Å². The molecule has 1 atom stereocenters. The Labute approximate surface area is 376 Å². The SMILES string of the molecule is C1=CCCC(n2c3c(c4cc(N(c5ccccc5)c5ccc(-c6ccc(N(c7ccc8c(c7)c7c(n8C8=CC=CCC8)CCC=C7)C7C=CC=CC7)cc6)cc5)ccc42)C=CCC3)=C1. The van der Waals surface area contributed by atoms with Gasteiger partial charge in [0.2, 0.25) is 0 Å². The molecular weight excluding hydrogens is 777 g/mol. The van der Waals surface area contributed by atoms with Crippen LogP contribution < -0.4 is 9.80 Å². The molecular formula is C60H52N4. The van der Waals surface area contributed by atoms with Gasteiger partial charge in [-0.2, -0.15) is 0 Å². The number of benzene rings is 5. The second-order valence-corrected chi connectivity index (χ2v) is 17.7. The highest BCUT2D eigenvalue weighted by Crippen LogP contribution is 2.43. The average Bonchev–Trinajstić information content (AvgIpc) is 3.88. The number of hydrogen-bond donors (Lipinski definition) is 0. The molecule has 5 aliphatic rings. The molecule has 64 heavy (non-hydrogen) atoms. The maximum Gasteiger partial charge on any atom is 0.0559 e. The summed E-state index contributed by atoms with van der Waals surface area (Å²) < 4.78 is 5.10. The largest absolute Gasteiger partial charge is 0.334 e. The first-order valence-electron chi connectivity index (χ1n) is 23.3. The molecule has 1 unspecified atom stereocenters. The fourth-order valence-electron chi connectivity index (χ4n) is 10.8. The zero-order valence-corrected chi connectivity index (χ0v) is 36.3. The maximum atomic E-state index is 2.56. The van der Waals surface area contributed by atoms with Crippen molar-refractivity contribution < 1.29 is 0 Å². The van der Waals surface area contributed by atoms with Crippen LogP contribution in [0.3, 0.4) is 0 Å². The number of anilines is 5. The first-order valence-corrected chi connectivity index (χ1v) is 23.3. The summed E-state index contributed by atoms with van der Waals surface area (Å²) in [5, 5.41) is 2.65. The number of aromatic nitrogens is 2. The molecule has 4 nitrogen and oxygen atoms in total. The first-order chi connectivity index (χ1) is 31.8. The number of rotatable bonds is 9. The van der Waals surface area contributed by atoms with Gasteiger partial charge in [0.25, 0.3) is 0 Å². The number of hydrogen-bond acceptors (Lipinski definition) is 2. The highest BCUT2D eigenvalue weighted by atomic mass is 15.2. The van der Waals surface area contributed by atoms with Crippen molar-refractivity contribution in [1.82, 2.24) is 9.13 Å². The van der Waals surface area contributed by atoms with Crippen molar-refractivity contribution in [3.63, 3.8) is 0 Å². The van der Waals surface area contributed by atoms with E-state index in [1.807, 2.05) is 0 Å². The van der Waals surface area contributed by atoms with E-state index in [1.165, 1.54) is 78.2 Å². The fourth-order valence-corrected chi connectivity index (χ4v) is 10.8. The van der Waals surface area contributed by atoms with Crippen LogP contribution in [0.1, 0.15) is 67.5 Å². The lowest BCUT2D eigenvalue weighted by Gasteiger charge is -2.33. The lowest BCUT2D eigenvalue weighted by Crippen LogP contribution is -2.29. The second kappa shape index (κ2) is 16.4. The van der Waals surface area contributed by atoms with Crippen LogP contribution in [0.15, 0.2) is 188 Å². The van der Waals surface area contributed by atoms with Crippen molar-refractivity contribution in [3.8, 4) is 11.1 Å². The molecule has 0 radical (unpaired) electrons. The van der Waals surface area contributed by atoms with Gasteiger partial charge >= 0.3 is 0 Å². The second-order valence-electron chi connectivity index (χ2n) is 17.7. The summed E-state index contributed by atoms with van der Waals surface area (Å²) in [6.45, 7) is 0. The Bertz CT molecular complexity index is 3170. The number of para-hydroxylation sites is 1. The normalized spacial score (nSPS) is 17.4. The van der Waals surface area contributed by atoms with Crippen molar-refractivity contribution in [2.75, 3.05) is 9.80 Å². The molecule has 2 heterocycles. The summed E-state index contributed by atoms with van der Waals surface area (Å²) >= 11 is 0. The van der Waals surface area contributed by atoms with Crippen LogP contribution >= 0.6 is 0 Å². The quantitative estimate of drug-likeness (QED) is 0.144. The van der Waals surface area contributed by atoms with Crippen LogP contribution in [0, 0.1) is 0 Å². The predicted octanol–water partition coefficient (Wildman–Crippen LogP) is 16.1. The summed E-state index contributed by atoms with van der Waals surface area (Å²) in [6.07, 6.45) is 41.6. The Morgan fingerprint density at radius 3 is 1.53 bits per heavy atom. The van der Waals surface area contributed by atoms with Crippen LogP contribution in [-0.4, -0.2) is 15.2 Å². The molecule has 0 fully saturated rings. The summed E-state index contributed by atoms with van der Waals surface area (Å²) in [6, 6.07) is 43.6. The van der Waals surface area contributed by atoms with Crippen molar-refractivity contribution in [2.24, 2.45) is 0 Å². The minimum Gasteiger partial charge on any atom is -0.334 e. The molecule has 12 rings (SSSR count). The molecule has 0 saturated carbocycles. The molecule has 7 aromatic rings. The first kappa shape index (κ1) is 38.4. The Kier molecular flexibility index (Phi) is 9.86. The van der Waals surface area contributed by atoms with E-state index >= 15 is 0 Å². The van der Waals surface area contributed by atoms with E-state index in [1.54, 1.807) is 0 Å². The smallest absolute Gasteiger partial charge is 0.0559 e. The average molecular weight is 829 g/mol. The summed E-state index contributed by atoms with van der Waals surface area (Å²) in [7, 11) is 0. The molecule has 2 aromatic heterocycles. The van der Waals surface area contributed by atoms with E-state index in [0.717, 1.165) is 74.8 Å². The molecule has 0 saturated heterocycles. The zero-order chi connectivity index (χ0) is 42.4. The summed E-state index contributed by atoms with van der Waals surface area (Å²) in [5.74, 6) is 0. The van der Waals surface area contributed by atoms with Crippen LogP contribution in [0.5, 0.6) is 0 Å². The van der Waals surface area contributed by atoms with E-state index < -0.39 is 0 Å². The van der Waals surface area contributed by atoms with Gasteiger partial charge in [0, 0.05) is 73.1 Å². The third kappa shape index (κ3) is 6.76. The number of fused-ring (bicyclic) bond motifs is 6. The van der Waals surface area contributed by atoms with E-state index in [4.69, 9.17) is 0 Å². The fraction of sp³-hybridized carbons (Fsp3) is 0.167. The van der Waals surface area contributed by atoms with E-state index in [-0.39, 0.29) is 6.04 Å². The minimum absolute atomic E-state index is 0.219. The number of nitrogens with zero attached hydrogens (tertiary/aromatic N) is 4. The molecule has 0 aliphatic heterocycles. The Morgan fingerprint density at radius 1 is 0.438 bits per heavy atom. The monoisotopic (exact) mass is 828 g/mol. The minimum atomic E-state index is 0.219. The molecule has 4 heteroatoms. The molecule has 0 amide bonds. The van der Waals surface area contributed by atoms with Gasteiger partial charge in [-0.25, -0.2) is 0 Å². The summed E-state index contributed by atoms with van der Waals surface area (Å²) in [4.78, 5) is 4.93.